The zero-order chi connectivity index (χ0) is 21.9. The first-order chi connectivity index (χ1) is 15.2. The second-order valence-corrected chi connectivity index (χ2v) is 6.57. The highest BCUT2D eigenvalue weighted by Crippen LogP contribution is 2.25. The molecule has 0 aliphatic carbocycles. The Bertz CT molecular complexity index is 981. The summed E-state index contributed by atoms with van der Waals surface area (Å²) >= 11 is 0. The summed E-state index contributed by atoms with van der Waals surface area (Å²) in [6.45, 7) is 0.974. The van der Waals surface area contributed by atoms with Crippen LogP contribution in [0.1, 0.15) is 0 Å². The fourth-order valence-electron chi connectivity index (χ4n) is 2.81. The van der Waals surface area contributed by atoms with Crippen molar-refractivity contribution in [2.75, 3.05) is 38.3 Å². The van der Waals surface area contributed by atoms with E-state index in [1.807, 2.05) is 77.7 Å². The van der Waals surface area contributed by atoms with E-state index < -0.39 is 0 Å². The van der Waals surface area contributed by atoms with E-state index in [1.165, 1.54) is 0 Å². The molecule has 0 radical (unpaired) electrons. The van der Waals surface area contributed by atoms with Gasteiger partial charge in [0.2, 0.25) is 0 Å². The van der Waals surface area contributed by atoms with Crippen LogP contribution in [0.25, 0.3) is 0 Å². The van der Waals surface area contributed by atoms with Crippen LogP contribution in [0.4, 0.5) is 28.4 Å². The molecule has 8 heteroatoms. The largest absolute Gasteiger partial charge is 0.497 e. The molecule has 0 amide bonds. The van der Waals surface area contributed by atoms with Gasteiger partial charge in [0, 0.05) is 18.8 Å². The molecule has 0 atom stereocenters. The molecule has 31 heavy (non-hydrogen) atoms. The highest BCUT2D eigenvalue weighted by molar-refractivity contribution is 5.53. The van der Waals surface area contributed by atoms with Crippen molar-refractivity contribution in [2.45, 2.75) is 0 Å². The Morgan fingerprint density at radius 2 is 0.968 bits per heavy atom. The van der Waals surface area contributed by atoms with Gasteiger partial charge < -0.3 is 19.8 Å². The van der Waals surface area contributed by atoms with Crippen LogP contribution in [-0.4, -0.2) is 43.6 Å². The Labute approximate surface area is 181 Å². The number of nitrogens with zero attached hydrogens (tertiary/aromatic N) is 5. The maximum Gasteiger partial charge on any atom is 0.119 e. The number of methoxy groups -OCH3 is 1. The summed E-state index contributed by atoms with van der Waals surface area (Å²) < 4.78 is 5.12. The number of aliphatic hydroxyl groups excluding tert-OH is 2. The van der Waals surface area contributed by atoms with E-state index in [2.05, 4.69) is 20.5 Å². The summed E-state index contributed by atoms with van der Waals surface area (Å²) in [6, 6.07) is 22.1. The molecular weight excluding hydrogens is 394 g/mol. The molecule has 0 spiro atoms. The number of ether oxygens (including phenoxy) is 1. The van der Waals surface area contributed by atoms with E-state index in [0.29, 0.717) is 30.2 Å². The molecule has 0 bridgehead atoms. The highest BCUT2D eigenvalue weighted by atomic mass is 16.5. The van der Waals surface area contributed by atoms with Crippen molar-refractivity contribution in [3.63, 3.8) is 0 Å². The average Bonchev–Trinajstić information content (AvgIpc) is 2.82. The van der Waals surface area contributed by atoms with E-state index >= 15 is 0 Å². The van der Waals surface area contributed by atoms with Gasteiger partial charge in [-0.1, -0.05) is 0 Å². The molecule has 0 saturated carbocycles. The first-order valence-corrected chi connectivity index (χ1v) is 9.86. The predicted molar refractivity (Wildman–Crippen MR) is 121 cm³/mol. The van der Waals surface area contributed by atoms with Crippen LogP contribution in [0.3, 0.4) is 0 Å². The maximum absolute atomic E-state index is 9.15. The molecule has 0 aromatic heterocycles. The number of anilines is 1. The van der Waals surface area contributed by atoms with Gasteiger partial charge in [0.25, 0.3) is 0 Å². The highest BCUT2D eigenvalue weighted by Gasteiger charge is 2.05. The Morgan fingerprint density at radius 3 is 1.32 bits per heavy atom. The normalized spacial score (nSPS) is 11.3. The van der Waals surface area contributed by atoms with Crippen LogP contribution < -0.4 is 9.64 Å². The van der Waals surface area contributed by atoms with Crippen molar-refractivity contribution in [2.24, 2.45) is 20.5 Å². The van der Waals surface area contributed by atoms with Crippen LogP contribution in [-0.2, 0) is 0 Å². The third-order valence-electron chi connectivity index (χ3n) is 4.44. The smallest absolute Gasteiger partial charge is 0.119 e. The molecule has 0 aliphatic heterocycles. The van der Waals surface area contributed by atoms with Gasteiger partial charge in [-0.2, -0.15) is 20.5 Å². The van der Waals surface area contributed by atoms with Crippen molar-refractivity contribution >= 4 is 28.4 Å². The van der Waals surface area contributed by atoms with Crippen molar-refractivity contribution in [1.29, 1.82) is 0 Å². The van der Waals surface area contributed by atoms with Crippen molar-refractivity contribution < 1.29 is 14.9 Å². The Balaban J connectivity index is 1.60. The number of azo groups is 2. The second-order valence-electron chi connectivity index (χ2n) is 6.57. The van der Waals surface area contributed by atoms with E-state index in [0.717, 1.165) is 17.1 Å². The molecule has 0 heterocycles. The fraction of sp³-hybridized carbons (Fsp3) is 0.217. The van der Waals surface area contributed by atoms with Gasteiger partial charge >= 0.3 is 0 Å². The number of hydrogen-bond acceptors (Lipinski definition) is 8. The lowest BCUT2D eigenvalue weighted by molar-refractivity contribution is 0.281. The molecule has 3 aromatic carbocycles. The summed E-state index contributed by atoms with van der Waals surface area (Å²) in [6.07, 6.45) is 0. The Hall–Kier alpha value is -3.62. The number of aliphatic hydroxyl groups is 2. The first-order valence-electron chi connectivity index (χ1n) is 9.86. The molecule has 3 rings (SSSR count). The molecule has 0 unspecified atom stereocenters. The lowest BCUT2D eigenvalue weighted by atomic mass is 10.2. The quantitative estimate of drug-likeness (QED) is 0.434. The zero-order valence-electron chi connectivity index (χ0n) is 17.3. The molecule has 2 N–H and O–H groups in total. The average molecular weight is 419 g/mol. The number of benzene rings is 3. The summed E-state index contributed by atoms with van der Waals surface area (Å²) in [5.74, 6) is 0.774. The third-order valence-corrected chi connectivity index (χ3v) is 4.44. The molecule has 0 fully saturated rings. The lowest BCUT2D eigenvalue weighted by Gasteiger charge is -2.22. The van der Waals surface area contributed by atoms with Gasteiger partial charge in [-0.3, -0.25) is 0 Å². The van der Waals surface area contributed by atoms with Gasteiger partial charge in [0.05, 0.1) is 43.1 Å². The van der Waals surface area contributed by atoms with Crippen LogP contribution >= 0.6 is 0 Å². The Kier molecular flexibility index (Phi) is 8.21. The Morgan fingerprint density at radius 1 is 0.613 bits per heavy atom. The summed E-state index contributed by atoms with van der Waals surface area (Å²) in [5.41, 5.74) is 3.78. The van der Waals surface area contributed by atoms with Gasteiger partial charge in [-0.05, 0) is 72.8 Å². The second kappa shape index (κ2) is 11.5. The monoisotopic (exact) mass is 419 g/mol. The van der Waals surface area contributed by atoms with Crippen LogP contribution in [0.2, 0.25) is 0 Å². The van der Waals surface area contributed by atoms with Crippen molar-refractivity contribution in [1.82, 2.24) is 0 Å². The minimum Gasteiger partial charge on any atom is -0.497 e. The lowest BCUT2D eigenvalue weighted by Crippen LogP contribution is -2.29. The standard InChI is InChI=1S/C23H25N5O3/c1-31-23-12-8-21(9-13-23)27-25-19-4-2-18(3-5-19)24-26-20-6-10-22(11-7-20)28(14-16-29)15-17-30/h2-13,29-30H,14-17H2,1H3. The van der Waals surface area contributed by atoms with Gasteiger partial charge in [0.15, 0.2) is 0 Å². The zero-order valence-corrected chi connectivity index (χ0v) is 17.3. The SMILES string of the molecule is COc1ccc(N=Nc2ccc(N=Nc3ccc(N(CCO)CCO)cc3)cc2)cc1. The van der Waals surface area contributed by atoms with E-state index in [-0.39, 0.29) is 13.2 Å². The molecule has 0 saturated heterocycles. The topological polar surface area (TPSA) is 102 Å². The molecule has 3 aromatic rings. The summed E-state index contributed by atoms with van der Waals surface area (Å²) in [4.78, 5) is 1.90. The number of rotatable bonds is 10. The molecular formula is C23H25N5O3. The molecule has 8 nitrogen and oxygen atoms in total. The van der Waals surface area contributed by atoms with Gasteiger partial charge in [0.1, 0.15) is 5.75 Å². The van der Waals surface area contributed by atoms with E-state index in [9.17, 15) is 0 Å². The predicted octanol–water partition coefficient (Wildman–Crippen LogP) is 5.32. The minimum atomic E-state index is 0.0249. The number of hydrogen-bond donors (Lipinski definition) is 2. The van der Waals surface area contributed by atoms with E-state index in [1.54, 1.807) is 7.11 Å². The van der Waals surface area contributed by atoms with Gasteiger partial charge in [-0.15, -0.1) is 0 Å². The summed E-state index contributed by atoms with van der Waals surface area (Å²) in [5, 5.41) is 35.2. The van der Waals surface area contributed by atoms with Crippen LogP contribution in [0.5, 0.6) is 5.75 Å². The third kappa shape index (κ3) is 6.70. The fourth-order valence-corrected chi connectivity index (χ4v) is 2.81. The minimum absolute atomic E-state index is 0.0249. The maximum atomic E-state index is 9.15. The summed E-state index contributed by atoms with van der Waals surface area (Å²) in [7, 11) is 1.62. The van der Waals surface area contributed by atoms with Crippen molar-refractivity contribution in [3.05, 3.63) is 72.8 Å². The first kappa shape index (κ1) is 22.1. The molecule has 0 aliphatic rings. The van der Waals surface area contributed by atoms with Crippen LogP contribution in [0.15, 0.2) is 93.3 Å². The van der Waals surface area contributed by atoms with Crippen molar-refractivity contribution in [3.8, 4) is 5.75 Å². The van der Waals surface area contributed by atoms with Gasteiger partial charge in [-0.25, -0.2) is 0 Å². The molecule has 160 valence electrons. The van der Waals surface area contributed by atoms with Crippen LogP contribution in [0, 0.1) is 0 Å². The van der Waals surface area contributed by atoms with E-state index in [4.69, 9.17) is 14.9 Å².